The molecule has 2 fully saturated rings. The number of morpholine rings is 1. The molecule has 1 amide bonds. The van der Waals surface area contributed by atoms with Crippen molar-refractivity contribution in [3.63, 3.8) is 0 Å². The molecule has 0 saturated carbocycles. The first-order valence-corrected chi connectivity index (χ1v) is 12.5. The van der Waals surface area contributed by atoms with E-state index in [1.54, 1.807) is 11.3 Å². The third-order valence-electron chi connectivity index (χ3n) is 6.62. The average molecular weight is 468 g/mol. The fourth-order valence-electron chi connectivity index (χ4n) is 4.65. The van der Waals surface area contributed by atoms with Crippen molar-refractivity contribution >= 4 is 33.4 Å². The molecule has 3 aromatic rings. The lowest BCUT2D eigenvalue weighted by molar-refractivity contribution is -0.132. The number of likely N-dealkylation sites (tertiary alicyclic amines) is 1. The number of hydrogen-bond donors (Lipinski definition) is 1. The number of carbonyl (C=O) groups is 1. The monoisotopic (exact) mass is 467 g/mol. The third-order valence-corrected chi connectivity index (χ3v) is 7.82. The molecule has 174 valence electrons. The van der Waals surface area contributed by atoms with Gasteiger partial charge in [0, 0.05) is 49.8 Å². The molecule has 0 bridgehead atoms. The zero-order valence-corrected chi connectivity index (χ0v) is 19.7. The summed E-state index contributed by atoms with van der Waals surface area (Å²) in [6.07, 6.45) is 2.60. The molecule has 2 saturated heterocycles. The van der Waals surface area contributed by atoms with Crippen LogP contribution in [-0.2, 0) is 16.0 Å². The van der Waals surface area contributed by atoms with Gasteiger partial charge in [0.2, 0.25) is 11.9 Å². The fourth-order valence-corrected chi connectivity index (χ4v) is 5.78. The largest absolute Gasteiger partial charge is 0.378 e. The van der Waals surface area contributed by atoms with Crippen molar-refractivity contribution in [1.29, 1.82) is 0 Å². The Morgan fingerprint density at radius 1 is 1.15 bits per heavy atom. The van der Waals surface area contributed by atoms with E-state index < -0.39 is 0 Å². The predicted octanol–water partition coefficient (Wildman–Crippen LogP) is 2.86. The first-order chi connectivity index (χ1) is 16.1. The number of fused-ring (bicyclic) bond motifs is 1. The molecule has 1 aromatic carbocycles. The number of piperidine rings is 1. The highest BCUT2D eigenvalue weighted by Crippen LogP contribution is 2.33. The highest BCUT2D eigenvalue weighted by atomic mass is 32.1. The van der Waals surface area contributed by atoms with Crippen molar-refractivity contribution in [2.45, 2.75) is 38.5 Å². The lowest BCUT2D eigenvalue weighted by Gasteiger charge is -2.31. The summed E-state index contributed by atoms with van der Waals surface area (Å²) >= 11 is 1.77. The molecule has 2 aliphatic heterocycles. The third kappa shape index (κ3) is 4.79. The predicted molar refractivity (Wildman–Crippen MR) is 129 cm³/mol. The fraction of sp³-hybridized carbons (Fsp3) is 0.500. The second-order valence-corrected chi connectivity index (χ2v) is 9.79. The second-order valence-electron chi connectivity index (χ2n) is 8.73. The SMILES string of the molecule is Cc1nc(N2CCOCC2)[nH]c(=O)c1CCC(=O)N1CCC(c2nc3ccccc3s2)CC1. The summed E-state index contributed by atoms with van der Waals surface area (Å²) in [5.41, 5.74) is 2.21. The van der Waals surface area contributed by atoms with E-state index in [4.69, 9.17) is 9.72 Å². The van der Waals surface area contributed by atoms with Crippen LogP contribution in [0.4, 0.5) is 5.95 Å². The molecule has 0 unspecified atom stereocenters. The topological polar surface area (TPSA) is 91.4 Å². The maximum Gasteiger partial charge on any atom is 0.255 e. The van der Waals surface area contributed by atoms with Gasteiger partial charge in [-0.3, -0.25) is 14.6 Å². The van der Waals surface area contributed by atoms with Gasteiger partial charge in [0.05, 0.1) is 28.4 Å². The molecule has 5 rings (SSSR count). The lowest BCUT2D eigenvalue weighted by atomic mass is 9.97. The number of ether oxygens (including phenoxy) is 1. The Bertz CT molecular complexity index is 1160. The van der Waals surface area contributed by atoms with E-state index in [0.717, 1.165) is 31.4 Å². The van der Waals surface area contributed by atoms with Crippen LogP contribution in [0.15, 0.2) is 29.1 Å². The van der Waals surface area contributed by atoms with Crippen LogP contribution >= 0.6 is 11.3 Å². The maximum atomic E-state index is 12.9. The summed E-state index contributed by atoms with van der Waals surface area (Å²) in [6.45, 7) is 6.03. The van der Waals surface area contributed by atoms with E-state index in [9.17, 15) is 9.59 Å². The van der Waals surface area contributed by atoms with Crippen LogP contribution in [0.3, 0.4) is 0 Å². The highest BCUT2D eigenvalue weighted by molar-refractivity contribution is 7.18. The molecule has 9 heteroatoms. The summed E-state index contributed by atoms with van der Waals surface area (Å²) < 4.78 is 6.59. The average Bonchev–Trinajstić information content (AvgIpc) is 3.28. The molecule has 2 aliphatic rings. The van der Waals surface area contributed by atoms with Gasteiger partial charge in [-0.05, 0) is 38.3 Å². The number of hydrogen-bond acceptors (Lipinski definition) is 7. The number of aromatic amines is 1. The van der Waals surface area contributed by atoms with Crippen molar-refractivity contribution in [2.24, 2.45) is 0 Å². The van der Waals surface area contributed by atoms with Gasteiger partial charge < -0.3 is 14.5 Å². The van der Waals surface area contributed by atoms with Gasteiger partial charge in [0.15, 0.2) is 0 Å². The van der Waals surface area contributed by atoms with Crippen LogP contribution in [0.25, 0.3) is 10.2 Å². The molecule has 2 aromatic heterocycles. The molecule has 33 heavy (non-hydrogen) atoms. The first-order valence-electron chi connectivity index (χ1n) is 11.6. The molecule has 1 N–H and O–H groups in total. The molecular weight excluding hydrogens is 438 g/mol. The summed E-state index contributed by atoms with van der Waals surface area (Å²) in [7, 11) is 0. The molecule has 0 radical (unpaired) electrons. The zero-order valence-electron chi connectivity index (χ0n) is 18.9. The number of benzene rings is 1. The Morgan fingerprint density at radius 3 is 2.64 bits per heavy atom. The van der Waals surface area contributed by atoms with Gasteiger partial charge in [0.25, 0.3) is 5.56 Å². The van der Waals surface area contributed by atoms with E-state index in [0.29, 0.717) is 62.3 Å². The number of carbonyl (C=O) groups excluding carboxylic acids is 1. The van der Waals surface area contributed by atoms with E-state index in [-0.39, 0.29) is 11.5 Å². The van der Waals surface area contributed by atoms with Gasteiger partial charge >= 0.3 is 0 Å². The molecule has 0 atom stereocenters. The molecule has 4 heterocycles. The van der Waals surface area contributed by atoms with Crippen molar-refractivity contribution < 1.29 is 9.53 Å². The summed E-state index contributed by atoms with van der Waals surface area (Å²) in [4.78, 5) is 41.8. The second kappa shape index (κ2) is 9.61. The number of aromatic nitrogens is 3. The first kappa shape index (κ1) is 22.0. The number of anilines is 1. The van der Waals surface area contributed by atoms with E-state index in [2.05, 4.69) is 22.1 Å². The minimum atomic E-state index is -0.147. The summed E-state index contributed by atoms with van der Waals surface area (Å²) in [5.74, 6) is 1.11. The Morgan fingerprint density at radius 2 is 1.91 bits per heavy atom. The molecular formula is C24H29N5O3S. The normalized spacial score (nSPS) is 17.6. The number of rotatable bonds is 5. The number of amides is 1. The number of aryl methyl sites for hydroxylation is 1. The Balaban J connectivity index is 1.16. The number of thiazole rings is 1. The van der Waals surface area contributed by atoms with Crippen molar-refractivity contribution in [2.75, 3.05) is 44.3 Å². The standard InChI is InChI=1S/C24H29N5O3S/c1-16-18(22(31)27-24(25-16)29-12-14-32-15-13-29)6-7-21(30)28-10-8-17(9-11-28)23-26-19-4-2-3-5-20(19)33-23/h2-5,17H,6-15H2,1H3,(H,25,27,31). The number of nitrogens with one attached hydrogen (secondary N) is 1. The summed E-state index contributed by atoms with van der Waals surface area (Å²) in [6, 6.07) is 8.23. The zero-order chi connectivity index (χ0) is 22.8. The molecule has 0 spiro atoms. The van der Waals surface area contributed by atoms with Crippen molar-refractivity contribution in [3.05, 3.63) is 50.9 Å². The summed E-state index contributed by atoms with van der Waals surface area (Å²) in [5, 5.41) is 1.18. The number of nitrogens with zero attached hydrogens (tertiary/aromatic N) is 4. The van der Waals surface area contributed by atoms with Crippen molar-refractivity contribution in [3.8, 4) is 0 Å². The van der Waals surface area contributed by atoms with Gasteiger partial charge in [-0.2, -0.15) is 0 Å². The van der Waals surface area contributed by atoms with Gasteiger partial charge in [-0.1, -0.05) is 12.1 Å². The van der Waals surface area contributed by atoms with E-state index >= 15 is 0 Å². The van der Waals surface area contributed by atoms with Gasteiger partial charge in [-0.15, -0.1) is 11.3 Å². The smallest absolute Gasteiger partial charge is 0.255 e. The van der Waals surface area contributed by atoms with Crippen LogP contribution in [-0.4, -0.2) is 65.2 Å². The minimum Gasteiger partial charge on any atom is -0.378 e. The van der Waals surface area contributed by atoms with Crippen molar-refractivity contribution in [1.82, 2.24) is 19.9 Å². The Kier molecular flexibility index (Phi) is 6.41. The van der Waals surface area contributed by atoms with E-state index in [1.807, 2.05) is 28.9 Å². The molecule has 0 aliphatic carbocycles. The lowest BCUT2D eigenvalue weighted by Crippen LogP contribution is -2.39. The quantitative estimate of drug-likeness (QED) is 0.621. The van der Waals surface area contributed by atoms with Crippen LogP contribution in [0, 0.1) is 6.92 Å². The van der Waals surface area contributed by atoms with Crippen LogP contribution in [0.2, 0.25) is 0 Å². The van der Waals surface area contributed by atoms with E-state index in [1.165, 1.54) is 9.71 Å². The minimum absolute atomic E-state index is 0.105. The highest BCUT2D eigenvalue weighted by Gasteiger charge is 2.26. The van der Waals surface area contributed by atoms with Crippen LogP contribution in [0.5, 0.6) is 0 Å². The molecule has 8 nitrogen and oxygen atoms in total. The van der Waals surface area contributed by atoms with Crippen LogP contribution < -0.4 is 10.5 Å². The number of para-hydroxylation sites is 1. The number of H-pyrrole nitrogens is 1. The van der Waals surface area contributed by atoms with Crippen LogP contribution in [0.1, 0.15) is 41.4 Å². The van der Waals surface area contributed by atoms with Gasteiger partial charge in [-0.25, -0.2) is 9.97 Å². The maximum absolute atomic E-state index is 12.9. The van der Waals surface area contributed by atoms with Gasteiger partial charge in [0.1, 0.15) is 0 Å². The Labute approximate surface area is 196 Å². The Hall–Kier alpha value is -2.78.